The van der Waals surface area contributed by atoms with Gasteiger partial charge in [0.05, 0.1) is 18.5 Å². The van der Waals surface area contributed by atoms with Crippen LogP contribution in [0.4, 0.5) is 37.6 Å². The van der Waals surface area contributed by atoms with Gasteiger partial charge in [-0.15, -0.1) is 0 Å². The zero-order valence-corrected chi connectivity index (χ0v) is 19.9. The number of hydrogen-bond donors (Lipinski definition) is 3. The summed E-state index contributed by atoms with van der Waals surface area (Å²) in [5.74, 6) is -1.07. The summed E-state index contributed by atoms with van der Waals surface area (Å²) in [4.78, 5) is 20.4. The number of halogens is 3. The van der Waals surface area contributed by atoms with Crippen molar-refractivity contribution >= 4 is 46.3 Å². The van der Waals surface area contributed by atoms with Crippen molar-refractivity contribution in [3.05, 3.63) is 78.2 Å². The van der Waals surface area contributed by atoms with E-state index in [4.69, 9.17) is 16.3 Å². The first-order valence-corrected chi connectivity index (χ1v) is 10.8. The normalized spacial score (nSPS) is 10.6. The maximum Gasteiger partial charge on any atom is 0.247 e. The van der Waals surface area contributed by atoms with E-state index in [-0.39, 0.29) is 28.4 Å². The lowest BCUT2D eigenvalue weighted by Crippen LogP contribution is -2.08. The van der Waals surface area contributed by atoms with Gasteiger partial charge in [-0.1, -0.05) is 18.2 Å². The molecule has 0 aliphatic heterocycles. The van der Waals surface area contributed by atoms with Crippen molar-refractivity contribution in [2.75, 3.05) is 23.1 Å². The molecule has 3 N–H and O–H groups in total. The number of benzene rings is 2. The van der Waals surface area contributed by atoms with E-state index in [2.05, 4.69) is 37.6 Å². The Hall–Kier alpha value is -4.51. The van der Waals surface area contributed by atoms with Crippen LogP contribution in [0.15, 0.2) is 61.4 Å². The topological polar surface area (TPSA) is 106 Å². The van der Waals surface area contributed by atoms with E-state index in [1.165, 1.54) is 48.3 Å². The Balaban J connectivity index is 1.78. The Bertz CT molecular complexity index is 1460. The Kier molecular flexibility index (Phi) is 7.11. The average Bonchev–Trinajstić information content (AvgIpc) is 3.17. The lowest BCUT2D eigenvalue weighted by Gasteiger charge is -2.15. The second-order valence-electron chi connectivity index (χ2n) is 7.48. The first-order chi connectivity index (χ1) is 17.2. The van der Waals surface area contributed by atoms with Crippen LogP contribution in [0.25, 0.3) is 11.1 Å². The molecule has 2 aromatic carbocycles. The molecule has 184 valence electrons. The maximum absolute atomic E-state index is 14.7. The van der Waals surface area contributed by atoms with E-state index in [1.807, 2.05) is 0 Å². The Labute approximate surface area is 209 Å². The molecule has 0 bridgehead atoms. The number of ether oxygens (including phenoxy) is 1. The molecule has 0 saturated carbocycles. The van der Waals surface area contributed by atoms with Crippen LogP contribution in [0.3, 0.4) is 0 Å². The van der Waals surface area contributed by atoms with Gasteiger partial charge in [0.1, 0.15) is 23.2 Å². The molecular weight excluding hydrogens is 492 g/mol. The molecule has 4 rings (SSSR count). The van der Waals surface area contributed by atoms with E-state index < -0.39 is 17.5 Å². The van der Waals surface area contributed by atoms with Gasteiger partial charge in [-0.05, 0) is 42.0 Å². The third kappa shape index (κ3) is 5.58. The zero-order chi connectivity index (χ0) is 25.8. The van der Waals surface area contributed by atoms with E-state index in [0.717, 1.165) is 6.08 Å². The zero-order valence-electron chi connectivity index (χ0n) is 19.1. The number of anilines is 5. The number of aromatic nitrogens is 4. The third-order valence-electron chi connectivity index (χ3n) is 4.91. The Morgan fingerprint density at radius 2 is 1.97 bits per heavy atom. The molecule has 2 aromatic heterocycles. The van der Waals surface area contributed by atoms with Gasteiger partial charge in [-0.3, -0.25) is 9.48 Å². The minimum Gasteiger partial charge on any atom is -0.497 e. The van der Waals surface area contributed by atoms with Crippen LogP contribution in [0.5, 0.6) is 5.75 Å². The summed E-state index contributed by atoms with van der Waals surface area (Å²) in [5.41, 5.74) is 1.52. The van der Waals surface area contributed by atoms with Gasteiger partial charge < -0.3 is 20.7 Å². The van der Waals surface area contributed by atoms with Gasteiger partial charge in [0.15, 0.2) is 5.15 Å². The molecule has 4 aromatic rings. The molecule has 0 fully saturated rings. The van der Waals surface area contributed by atoms with E-state index >= 15 is 0 Å². The molecule has 1 amide bonds. The number of methoxy groups -OCH3 is 1. The van der Waals surface area contributed by atoms with E-state index in [1.54, 1.807) is 19.3 Å². The predicted octanol–water partition coefficient (Wildman–Crippen LogP) is 5.43. The highest BCUT2D eigenvalue weighted by molar-refractivity contribution is 6.32. The first kappa shape index (κ1) is 24.6. The van der Waals surface area contributed by atoms with Crippen LogP contribution < -0.4 is 20.7 Å². The quantitative estimate of drug-likeness (QED) is 0.271. The fraction of sp³-hybridized carbons (Fsp3) is 0.0833. The highest BCUT2D eigenvalue weighted by atomic mass is 35.5. The summed E-state index contributed by atoms with van der Waals surface area (Å²) in [6, 6.07) is 8.06. The molecule has 0 atom stereocenters. The molecule has 0 spiro atoms. The van der Waals surface area contributed by atoms with E-state index in [9.17, 15) is 13.6 Å². The minimum absolute atomic E-state index is 0.00513. The minimum atomic E-state index is -0.613. The standard InChI is InChI=1S/C24H20ClF2N7O2/c1-4-21(35)29-15-5-6-18(27)19(10-15)30-23-17(13-7-14(26)9-16(8-13)36-3)11-28-24(32-23)31-20-12-34(2)33-22(20)25/h4-12H,1H2,2-3H3,(H,29,35)(H2,28,30,31,32). The molecule has 0 aliphatic carbocycles. The van der Waals surface area contributed by atoms with Gasteiger partial charge in [0.25, 0.3) is 0 Å². The fourth-order valence-corrected chi connectivity index (χ4v) is 3.49. The van der Waals surface area contributed by atoms with Crippen molar-refractivity contribution in [2.24, 2.45) is 7.05 Å². The molecule has 0 unspecified atom stereocenters. The Morgan fingerprint density at radius 3 is 2.67 bits per heavy atom. The highest BCUT2D eigenvalue weighted by Crippen LogP contribution is 2.34. The number of hydrogen-bond acceptors (Lipinski definition) is 7. The summed E-state index contributed by atoms with van der Waals surface area (Å²) >= 11 is 6.12. The number of nitrogens with zero attached hydrogens (tertiary/aromatic N) is 4. The number of carbonyl (C=O) groups excluding carboxylic acids is 1. The van der Waals surface area contributed by atoms with Crippen molar-refractivity contribution in [1.82, 2.24) is 19.7 Å². The number of carbonyl (C=O) groups is 1. The molecule has 9 nitrogen and oxygen atoms in total. The van der Waals surface area contributed by atoms with Crippen LogP contribution in [0.1, 0.15) is 0 Å². The predicted molar refractivity (Wildman–Crippen MR) is 134 cm³/mol. The molecule has 0 saturated heterocycles. The SMILES string of the molecule is C=CC(=O)Nc1ccc(F)c(Nc2nc(Nc3cn(C)nc3Cl)ncc2-c2cc(F)cc(OC)c2)c1. The lowest BCUT2D eigenvalue weighted by atomic mass is 10.1. The molecular formula is C24H20ClF2N7O2. The monoisotopic (exact) mass is 511 g/mol. The van der Waals surface area contributed by atoms with Gasteiger partial charge in [-0.2, -0.15) is 10.1 Å². The first-order valence-electron chi connectivity index (χ1n) is 10.4. The fourth-order valence-electron chi connectivity index (χ4n) is 3.27. The third-order valence-corrected chi connectivity index (χ3v) is 5.19. The number of nitrogens with one attached hydrogen (secondary N) is 3. The average molecular weight is 512 g/mol. The van der Waals surface area contributed by atoms with Gasteiger partial charge in [0.2, 0.25) is 11.9 Å². The largest absolute Gasteiger partial charge is 0.497 e. The summed E-state index contributed by atoms with van der Waals surface area (Å²) < 4.78 is 35.7. The summed E-state index contributed by atoms with van der Waals surface area (Å²) in [7, 11) is 3.11. The number of rotatable bonds is 8. The van der Waals surface area contributed by atoms with Crippen LogP contribution >= 0.6 is 11.6 Å². The lowest BCUT2D eigenvalue weighted by molar-refractivity contribution is -0.111. The molecule has 2 heterocycles. The number of aryl methyl sites for hydroxylation is 1. The van der Waals surface area contributed by atoms with Crippen LogP contribution in [-0.4, -0.2) is 32.8 Å². The smallest absolute Gasteiger partial charge is 0.247 e. The van der Waals surface area contributed by atoms with Crippen LogP contribution in [0, 0.1) is 11.6 Å². The van der Waals surface area contributed by atoms with Gasteiger partial charge in [0, 0.05) is 36.8 Å². The van der Waals surface area contributed by atoms with Crippen molar-refractivity contribution in [2.45, 2.75) is 0 Å². The van der Waals surface area contributed by atoms with Gasteiger partial charge in [-0.25, -0.2) is 13.8 Å². The summed E-state index contributed by atoms with van der Waals surface area (Å²) in [6.07, 6.45) is 4.17. The van der Waals surface area contributed by atoms with Crippen molar-refractivity contribution in [3.8, 4) is 16.9 Å². The second kappa shape index (κ2) is 10.4. The van der Waals surface area contributed by atoms with Crippen molar-refractivity contribution < 1.29 is 18.3 Å². The summed E-state index contributed by atoms with van der Waals surface area (Å²) in [6.45, 7) is 3.40. The van der Waals surface area contributed by atoms with Crippen molar-refractivity contribution in [1.29, 1.82) is 0 Å². The van der Waals surface area contributed by atoms with Gasteiger partial charge >= 0.3 is 0 Å². The summed E-state index contributed by atoms with van der Waals surface area (Å²) in [5, 5.41) is 12.7. The van der Waals surface area contributed by atoms with E-state index in [0.29, 0.717) is 22.5 Å². The van der Waals surface area contributed by atoms with Crippen molar-refractivity contribution in [3.63, 3.8) is 0 Å². The maximum atomic E-state index is 14.7. The van der Waals surface area contributed by atoms with Crippen LogP contribution in [-0.2, 0) is 11.8 Å². The molecule has 0 radical (unpaired) electrons. The number of amides is 1. The molecule has 0 aliphatic rings. The Morgan fingerprint density at radius 1 is 1.17 bits per heavy atom. The highest BCUT2D eigenvalue weighted by Gasteiger charge is 2.16. The second-order valence-corrected chi connectivity index (χ2v) is 7.84. The molecule has 12 heteroatoms. The molecule has 36 heavy (non-hydrogen) atoms. The van der Waals surface area contributed by atoms with Crippen LogP contribution in [0.2, 0.25) is 5.15 Å².